The van der Waals surface area contributed by atoms with Gasteiger partial charge in [0.2, 0.25) is 0 Å². The van der Waals surface area contributed by atoms with Crippen molar-refractivity contribution in [1.82, 2.24) is 19.9 Å². The van der Waals surface area contributed by atoms with Crippen LogP contribution in [0.3, 0.4) is 0 Å². The van der Waals surface area contributed by atoms with E-state index in [0.717, 1.165) is 35.6 Å². The topological polar surface area (TPSA) is 75.1 Å². The van der Waals surface area contributed by atoms with Crippen molar-refractivity contribution in [3.05, 3.63) is 54.1 Å². The van der Waals surface area contributed by atoms with Crippen LogP contribution in [-0.2, 0) is 13.6 Å². The minimum absolute atomic E-state index is 0.0952. The molecular weight excluding hydrogens is 412 g/mol. The van der Waals surface area contributed by atoms with Gasteiger partial charge in [-0.05, 0) is 54.0 Å². The van der Waals surface area contributed by atoms with E-state index >= 15 is 0 Å². The first-order chi connectivity index (χ1) is 15.8. The fourth-order valence-corrected chi connectivity index (χ4v) is 4.98. The molecule has 1 aromatic carbocycles. The number of hydrogen-bond donors (Lipinski definition) is 2. The molecule has 0 radical (unpaired) electrons. The molecular formula is C26H32N6O. The third kappa shape index (κ3) is 4.08. The molecule has 2 aliphatic rings. The van der Waals surface area contributed by atoms with Gasteiger partial charge in [-0.1, -0.05) is 20.8 Å². The first-order valence-electron chi connectivity index (χ1n) is 11.7. The third-order valence-electron chi connectivity index (χ3n) is 7.07. The summed E-state index contributed by atoms with van der Waals surface area (Å²) in [6.07, 6.45) is 7.92. The lowest BCUT2D eigenvalue weighted by atomic mass is 9.76. The van der Waals surface area contributed by atoms with E-state index in [1.807, 2.05) is 17.8 Å². The monoisotopic (exact) mass is 444 g/mol. The maximum absolute atomic E-state index is 12.6. The zero-order chi connectivity index (χ0) is 23.2. The van der Waals surface area contributed by atoms with Crippen LogP contribution in [0.5, 0.6) is 0 Å². The summed E-state index contributed by atoms with van der Waals surface area (Å²) in [6, 6.07) is 8.48. The number of piperidine rings is 1. The van der Waals surface area contributed by atoms with Gasteiger partial charge in [0, 0.05) is 49.8 Å². The van der Waals surface area contributed by atoms with Gasteiger partial charge in [-0.15, -0.1) is 0 Å². The van der Waals surface area contributed by atoms with Crippen LogP contribution < -0.4 is 15.5 Å². The standard InChI is InChI=1S/C26H32N6O/c1-26(2,3)17-6-5-11-32(15-17)19-9-7-18(8-10-19)30-24-23-21(13-29-25(23)33)20(12-28-24)22-14-27-16-31(22)4/h7-10,12,14,16-17H,5-6,11,13,15H2,1-4H3,(H,28,30)(H,29,33)/t17-/m1/s1. The van der Waals surface area contributed by atoms with E-state index in [1.165, 1.54) is 18.5 Å². The highest BCUT2D eigenvalue weighted by molar-refractivity contribution is 6.05. The minimum atomic E-state index is -0.0952. The molecule has 172 valence electrons. The maximum Gasteiger partial charge on any atom is 0.255 e. The zero-order valence-corrected chi connectivity index (χ0v) is 19.9. The van der Waals surface area contributed by atoms with Gasteiger partial charge < -0.3 is 20.1 Å². The van der Waals surface area contributed by atoms with Crippen molar-refractivity contribution in [3.8, 4) is 11.3 Å². The number of anilines is 3. The second-order valence-corrected chi connectivity index (χ2v) is 10.3. The number of fused-ring (bicyclic) bond motifs is 1. The average molecular weight is 445 g/mol. The molecule has 0 aliphatic carbocycles. The third-order valence-corrected chi connectivity index (χ3v) is 7.07. The Morgan fingerprint density at radius 3 is 2.64 bits per heavy atom. The van der Waals surface area contributed by atoms with E-state index in [0.29, 0.717) is 29.3 Å². The Kier molecular flexibility index (Phi) is 5.35. The smallest absolute Gasteiger partial charge is 0.255 e. The van der Waals surface area contributed by atoms with Gasteiger partial charge in [0.1, 0.15) is 5.82 Å². The summed E-state index contributed by atoms with van der Waals surface area (Å²) >= 11 is 0. The minimum Gasteiger partial charge on any atom is -0.371 e. The first-order valence-corrected chi connectivity index (χ1v) is 11.7. The molecule has 7 heteroatoms. The molecule has 0 unspecified atom stereocenters. The fourth-order valence-electron chi connectivity index (χ4n) is 4.98. The van der Waals surface area contributed by atoms with Gasteiger partial charge in [0.05, 0.1) is 23.8 Å². The summed E-state index contributed by atoms with van der Waals surface area (Å²) < 4.78 is 1.94. The molecule has 0 spiro atoms. The molecule has 1 atom stereocenters. The van der Waals surface area contributed by atoms with Gasteiger partial charge in [-0.2, -0.15) is 0 Å². The summed E-state index contributed by atoms with van der Waals surface area (Å²) in [6.45, 7) is 9.72. The molecule has 3 aromatic rings. The van der Waals surface area contributed by atoms with Crippen LogP contribution in [0.1, 0.15) is 49.5 Å². The Hall–Kier alpha value is -3.35. The van der Waals surface area contributed by atoms with E-state index < -0.39 is 0 Å². The van der Waals surface area contributed by atoms with Crippen LogP contribution >= 0.6 is 0 Å². The lowest BCUT2D eigenvalue weighted by Gasteiger charge is -2.40. The van der Waals surface area contributed by atoms with Crippen molar-refractivity contribution in [3.63, 3.8) is 0 Å². The number of amides is 1. The van der Waals surface area contributed by atoms with E-state index in [4.69, 9.17) is 0 Å². The van der Waals surface area contributed by atoms with Gasteiger partial charge in [0.25, 0.3) is 5.91 Å². The van der Waals surface area contributed by atoms with Gasteiger partial charge in [-0.25, -0.2) is 9.97 Å². The second kappa shape index (κ2) is 8.21. The van der Waals surface area contributed by atoms with E-state index in [9.17, 15) is 4.79 Å². The largest absolute Gasteiger partial charge is 0.371 e. The predicted molar refractivity (Wildman–Crippen MR) is 132 cm³/mol. The van der Waals surface area contributed by atoms with E-state index in [2.05, 4.69) is 70.5 Å². The molecule has 5 rings (SSSR count). The Morgan fingerprint density at radius 1 is 1.15 bits per heavy atom. The number of pyridine rings is 1. The molecule has 4 heterocycles. The molecule has 33 heavy (non-hydrogen) atoms. The van der Waals surface area contributed by atoms with Crippen LogP contribution in [-0.4, -0.2) is 33.5 Å². The summed E-state index contributed by atoms with van der Waals surface area (Å²) in [5.74, 6) is 1.19. The number of imidazole rings is 1. The van der Waals surface area contributed by atoms with Gasteiger partial charge in [-0.3, -0.25) is 4.79 Å². The number of nitrogens with one attached hydrogen (secondary N) is 2. The number of hydrogen-bond acceptors (Lipinski definition) is 5. The molecule has 7 nitrogen and oxygen atoms in total. The van der Waals surface area contributed by atoms with E-state index in [1.54, 1.807) is 12.5 Å². The van der Waals surface area contributed by atoms with Gasteiger partial charge in [0.15, 0.2) is 0 Å². The van der Waals surface area contributed by atoms with Crippen LogP contribution in [0.4, 0.5) is 17.2 Å². The zero-order valence-electron chi connectivity index (χ0n) is 19.9. The number of aromatic nitrogens is 3. The van der Waals surface area contributed by atoms with Crippen molar-refractivity contribution in [2.45, 2.75) is 40.2 Å². The molecule has 2 N–H and O–H groups in total. The SMILES string of the molecule is Cn1cncc1-c1cnc(Nc2ccc(N3CCC[C@@H](C(C)(C)C)C3)cc2)c2c1CNC2=O. The van der Waals surface area contributed by atoms with Crippen molar-refractivity contribution in [2.75, 3.05) is 23.3 Å². The molecule has 1 amide bonds. The van der Waals surface area contributed by atoms with Crippen LogP contribution in [0.25, 0.3) is 11.3 Å². The van der Waals surface area contributed by atoms with Crippen LogP contribution in [0.15, 0.2) is 43.0 Å². The maximum atomic E-state index is 12.6. The summed E-state index contributed by atoms with van der Waals surface area (Å²) in [5.41, 5.74) is 5.95. The predicted octanol–water partition coefficient (Wildman–Crippen LogP) is 4.73. The molecule has 1 saturated heterocycles. The number of benzene rings is 1. The highest BCUT2D eigenvalue weighted by atomic mass is 16.1. The number of nitrogens with zero attached hydrogens (tertiary/aromatic N) is 4. The number of carbonyl (C=O) groups excluding carboxylic acids is 1. The number of rotatable bonds is 4. The summed E-state index contributed by atoms with van der Waals surface area (Å²) in [5, 5.41) is 6.32. The van der Waals surface area contributed by atoms with E-state index in [-0.39, 0.29) is 5.91 Å². The normalized spacial score (nSPS) is 18.2. The second-order valence-electron chi connectivity index (χ2n) is 10.3. The van der Waals surface area contributed by atoms with Crippen LogP contribution in [0.2, 0.25) is 0 Å². The van der Waals surface area contributed by atoms with Gasteiger partial charge >= 0.3 is 0 Å². The quantitative estimate of drug-likeness (QED) is 0.608. The fraction of sp³-hybridized carbons (Fsp3) is 0.423. The molecule has 0 bridgehead atoms. The lowest BCUT2D eigenvalue weighted by Crippen LogP contribution is -2.40. The molecule has 1 fully saturated rings. The molecule has 0 saturated carbocycles. The summed E-state index contributed by atoms with van der Waals surface area (Å²) in [7, 11) is 1.94. The molecule has 2 aliphatic heterocycles. The van der Waals surface area contributed by atoms with Crippen molar-refractivity contribution in [1.29, 1.82) is 0 Å². The lowest BCUT2D eigenvalue weighted by molar-refractivity contribution is 0.0966. The number of aryl methyl sites for hydroxylation is 1. The highest BCUT2D eigenvalue weighted by Gasteiger charge is 2.30. The van der Waals surface area contributed by atoms with Crippen molar-refractivity contribution < 1.29 is 4.79 Å². The first kappa shape index (κ1) is 21.5. The Labute approximate surface area is 195 Å². The highest BCUT2D eigenvalue weighted by Crippen LogP contribution is 2.36. The molecule has 2 aromatic heterocycles. The Bertz CT molecular complexity index is 1170. The Morgan fingerprint density at radius 2 is 1.94 bits per heavy atom. The van der Waals surface area contributed by atoms with Crippen LogP contribution in [0, 0.1) is 11.3 Å². The average Bonchev–Trinajstić information content (AvgIpc) is 3.40. The van der Waals surface area contributed by atoms with Crippen molar-refractivity contribution >= 4 is 23.1 Å². The number of carbonyl (C=O) groups is 1. The Balaban J connectivity index is 1.38. The summed E-state index contributed by atoms with van der Waals surface area (Å²) in [4.78, 5) is 24.0. The van der Waals surface area contributed by atoms with Crippen molar-refractivity contribution in [2.24, 2.45) is 18.4 Å².